The van der Waals surface area contributed by atoms with Crippen molar-refractivity contribution in [3.8, 4) is 0 Å². The lowest BCUT2D eigenvalue weighted by Crippen LogP contribution is -2.37. The zero-order valence-electron chi connectivity index (χ0n) is 13.5. The number of benzene rings is 1. The molecule has 0 unspecified atom stereocenters. The van der Waals surface area contributed by atoms with E-state index in [1.807, 2.05) is 50.2 Å². The number of carbonyl (C=O) groups is 2. The molecule has 1 aromatic carbocycles. The fourth-order valence-corrected chi connectivity index (χ4v) is 3.17. The molecule has 0 bridgehead atoms. The minimum Gasteiger partial charge on any atom is -0.459 e. The van der Waals surface area contributed by atoms with Gasteiger partial charge in [-0.25, -0.2) is 0 Å². The first kappa shape index (κ1) is 16.3. The monoisotopic (exact) mass is 342 g/mol. The van der Waals surface area contributed by atoms with Gasteiger partial charge >= 0.3 is 0 Å². The summed E-state index contributed by atoms with van der Waals surface area (Å²) in [6.45, 7) is 3.71. The van der Waals surface area contributed by atoms with E-state index in [9.17, 15) is 9.59 Å². The normalized spacial score (nSPS) is 12.1. The Hall–Kier alpha value is -2.60. The average Bonchev–Trinajstić information content (AvgIpc) is 3.18. The SMILES string of the molecule is Cc1ccc(C(=O)NCC(=O)N[C@H](C)c2cc3ccccc3o2)s1. The smallest absolute Gasteiger partial charge is 0.261 e. The van der Waals surface area contributed by atoms with Gasteiger partial charge < -0.3 is 15.1 Å². The van der Waals surface area contributed by atoms with Gasteiger partial charge in [-0.1, -0.05) is 18.2 Å². The number of nitrogens with one attached hydrogen (secondary N) is 2. The molecule has 0 aliphatic carbocycles. The van der Waals surface area contributed by atoms with Crippen LogP contribution in [-0.4, -0.2) is 18.4 Å². The summed E-state index contributed by atoms with van der Waals surface area (Å²) >= 11 is 1.40. The number of thiophene rings is 1. The predicted molar refractivity (Wildman–Crippen MR) is 94.2 cm³/mol. The van der Waals surface area contributed by atoms with Gasteiger partial charge in [-0.05, 0) is 38.1 Å². The van der Waals surface area contributed by atoms with Crippen LogP contribution in [0.4, 0.5) is 0 Å². The number of furan rings is 1. The summed E-state index contributed by atoms with van der Waals surface area (Å²) in [5.41, 5.74) is 0.787. The molecule has 3 rings (SSSR count). The van der Waals surface area contributed by atoms with Crippen molar-refractivity contribution in [1.29, 1.82) is 0 Å². The van der Waals surface area contributed by atoms with Crippen LogP contribution in [0.1, 0.15) is 33.3 Å². The molecule has 6 heteroatoms. The van der Waals surface area contributed by atoms with E-state index in [1.165, 1.54) is 11.3 Å². The zero-order chi connectivity index (χ0) is 17.1. The Labute approximate surface area is 143 Å². The highest BCUT2D eigenvalue weighted by atomic mass is 32.1. The third-order valence-corrected chi connectivity index (χ3v) is 4.62. The molecule has 2 N–H and O–H groups in total. The zero-order valence-corrected chi connectivity index (χ0v) is 14.3. The lowest BCUT2D eigenvalue weighted by Gasteiger charge is -2.11. The van der Waals surface area contributed by atoms with Crippen LogP contribution in [0.25, 0.3) is 11.0 Å². The largest absolute Gasteiger partial charge is 0.459 e. The molecular formula is C18H18N2O3S. The van der Waals surface area contributed by atoms with Crippen molar-refractivity contribution >= 4 is 34.1 Å². The highest BCUT2D eigenvalue weighted by molar-refractivity contribution is 7.13. The number of aryl methyl sites for hydroxylation is 1. The molecular weight excluding hydrogens is 324 g/mol. The summed E-state index contributed by atoms with van der Waals surface area (Å²) in [6.07, 6.45) is 0. The summed E-state index contributed by atoms with van der Waals surface area (Å²) in [5, 5.41) is 6.44. The Bertz CT molecular complexity index is 848. The van der Waals surface area contributed by atoms with Crippen molar-refractivity contribution in [3.05, 3.63) is 58.0 Å². The molecule has 3 aromatic rings. The summed E-state index contributed by atoms with van der Waals surface area (Å²) in [7, 11) is 0. The number of carbonyl (C=O) groups excluding carboxylic acids is 2. The lowest BCUT2D eigenvalue weighted by atomic mass is 10.2. The molecule has 2 aromatic heterocycles. The molecule has 0 fully saturated rings. The summed E-state index contributed by atoms with van der Waals surface area (Å²) < 4.78 is 5.73. The minimum absolute atomic E-state index is 0.0691. The van der Waals surface area contributed by atoms with Gasteiger partial charge in [0.1, 0.15) is 11.3 Å². The van der Waals surface area contributed by atoms with Gasteiger partial charge in [0, 0.05) is 10.3 Å². The van der Waals surface area contributed by atoms with Gasteiger partial charge in [0.15, 0.2) is 0 Å². The Balaban J connectivity index is 1.55. The average molecular weight is 342 g/mol. The van der Waals surface area contributed by atoms with Crippen LogP contribution in [0, 0.1) is 6.92 Å². The number of hydrogen-bond donors (Lipinski definition) is 2. The Morgan fingerprint density at radius 2 is 2.00 bits per heavy atom. The van der Waals surface area contributed by atoms with Gasteiger partial charge in [-0.3, -0.25) is 9.59 Å². The second-order valence-corrected chi connectivity index (χ2v) is 6.86. The van der Waals surface area contributed by atoms with Crippen LogP contribution in [0.3, 0.4) is 0 Å². The molecule has 0 aliphatic rings. The number of hydrogen-bond acceptors (Lipinski definition) is 4. The third-order valence-electron chi connectivity index (χ3n) is 3.62. The Morgan fingerprint density at radius 3 is 2.71 bits per heavy atom. The van der Waals surface area contributed by atoms with Gasteiger partial charge in [-0.15, -0.1) is 11.3 Å². The van der Waals surface area contributed by atoms with Crippen LogP contribution >= 0.6 is 11.3 Å². The van der Waals surface area contributed by atoms with E-state index < -0.39 is 0 Å². The van der Waals surface area contributed by atoms with Crippen molar-refractivity contribution in [2.45, 2.75) is 19.9 Å². The minimum atomic E-state index is -0.272. The van der Waals surface area contributed by atoms with E-state index in [1.54, 1.807) is 6.07 Å². The first-order chi connectivity index (χ1) is 11.5. The van der Waals surface area contributed by atoms with Crippen LogP contribution < -0.4 is 10.6 Å². The molecule has 0 spiro atoms. The first-order valence-corrected chi connectivity index (χ1v) is 8.47. The molecule has 1 atom stereocenters. The second-order valence-electron chi connectivity index (χ2n) is 5.57. The number of para-hydroxylation sites is 1. The van der Waals surface area contributed by atoms with Gasteiger partial charge in [0.2, 0.25) is 5.91 Å². The maximum absolute atomic E-state index is 12.0. The molecule has 5 nitrogen and oxygen atoms in total. The summed E-state index contributed by atoms with van der Waals surface area (Å²) in [5.74, 6) is 0.189. The summed E-state index contributed by atoms with van der Waals surface area (Å²) in [4.78, 5) is 25.6. The number of fused-ring (bicyclic) bond motifs is 1. The highest BCUT2D eigenvalue weighted by Gasteiger charge is 2.15. The van der Waals surface area contributed by atoms with E-state index in [0.29, 0.717) is 10.6 Å². The topological polar surface area (TPSA) is 71.3 Å². The molecule has 0 aliphatic heterocycles. The lowest BCUT2D eigenvalue weighted by molar-refractivity contribution is -0.120. The van der Waals surface area contributed by atoms with Crippen molar-refractivity contribution in [2.24, 2.45) is 0 Å². The van der Waals surface area contributed by atoms with E-state index in [4.69, 9.17) is 4.42 Å². The van der Waals surface area contributed by atoms with Crippen LogP contribution in [0.5, 0.6) is 0 Å². The van der Waals surface area contributed by atoms with E-state index in [-0.39, 0.29) is 24.4 Å². The summed E-state index contributed by atoms with van der Waals surface area (Å²) in [6, 6.07) is 13.0. The third kappa shape index (κ3) is 3.65. The molecule has 2 amide bonds. The van der Waals surface area contributed by atoms with Gasteiger partial charge in [0.25, 0.3) is 5.91 Å². The van der Waals surface area contributed by atoms with Gasteiger partial charge in [0.05, 0.1) is 17.5 Å². The second kappa shape index (κ2) is 6.88. The van der Waals surface area contributed by atoms with Crippen molar-refractivity contribution < 1.29 is 14.0 Å². The highest BCUT2D eigenvalue weighted by Crippen LogP contribution is 2.23. The van der Waals surface area contributed by atoms with Crippen molar-refractivity contribution in [2.75, 3.05) is 6.54 Å². The molecule has 2 heterocycles. The standard InChI is InChI=1S/C18H18N2O3S/c1-11-7-8-16(24-11)18(22)19-10-17(21)20-12(2)15-9-13-5-3-4-6-14(13)23-15/h3-9,12H,10H2,1-2H3,(H,19,22)(H,20,21)/t12-/m1/s1. The molecule has 124 valence electrons. The molecule has 24 heavy (non-hydrogen) atoms. The number of rotatable bonds is 5. The molecule has 0 saturated heterocycles. The Morgan fingerprint density at radius 1 is 1.21 bits per heavy atom. The molecule has 0 radical (unpaired) electrons. The van der Waals surface area contributed by atoms with E-state index in [0.717, 1.165) is 15.8 Å². The quantitative estimate of drug-likeness (QED) is 0.746. The van der Waals surface area contributed by atoms with Crippen molar-refractivity contribution in [3.63, 3.8) is 0 Å². The van der Waals surface area contributed by atoms with E-state index >= 15 is 0 Å². The van der Waals surface area contributed by atoms with Crippen LogP contribution in [0.15, 0.2) is 46.9 Å². The molecule has 0 saturated carbocycles. The van der Waals surface area contributed by atoms with Crippen molar-refractivity contribution in [1.82, 2.24) is 10.6 Å². The van der Waals surface area contributed by atoms with Crippen LogP contribution in [0.2, 0.25) is 0 Å². The maximum Gasteiger partial charge on any atom is 0.261 e. The first-order valence-electron chi connectivity index (χ1n) is 7.65. The predicted octanol–water partition coefficient (Wildman–Crippen LogP) is 3.41. The van der Waals surface area contributed by atoms with Crippen LogP contribution in [-0.2, 0) is 4.79 Å². The van der Waals surface area contributed by atoms with E-state index in [2.05, 4.69) is 10.6 Å². The Kier molecular flexibility index (Phi) is 4.66. The maximum atomic E-state index is 12.0. The van der Waals surface area contributed by atoms with Gasteiger partial charge in [-0.2, -0.15) is 0 Å². The fourth-order valence-electron chi connectivity index (χ4n) is 2.38. The fraction of sp³-hybridized carbons (Fsp3) is 0.222. The number of amides is 2.